The lowest BCUT2D eigenvalue weighted by atomic mass is 9.98. The van der Waals surface area contributed by atoms with Gasteiger partial charge in [0.05, 0.1) is 12.7 Å². The largest absolute Gasteiger partial charge is 0.391 e. The van der Waals surface area contributed by atoms with E-state index in [1.165, 1.54) is 0 Å². The van der Waals surface area contributed by atoms with Gasteiger partial charge in [-0.25, -0.2) is 0 Å². The fourth-order valence-corrected chi connectivity index (χ4v) is 1.30. The Hall–Kier alpha value is -0.160. The van der Waals surface area contributed by atoms with Gasteiger partial charge in [0, 0.05) is 5.92 Å². The molecule has 1 saturated heterocycles. The summed E-state index contributed by atoms with van der Waals surface area (Å²) < 4.78 is 4.98. The van der Waals surface area contributed by atoms with E-state index in [-0.39, 0.29) is 12.0 Å². The highest BCUT2D eigenvalue weighted by Gasteiger charge is 2.49. The molecule has 4 heteroatoms. The van der Waals surface area contributed by atoms with Crippen molar-refractivity contribution in [1.29, 1.82) is 0 Å². The van der Waals surface area contributed by atoms with E-state index in [0.29, 0.717) is 0 Å². The van der Waals surface area contributed by atoms with Crippen molar-refractivity contribution in [2.45, 2.75) is 59.5 Å². The lowest BCUT2D eigenvalue weighted by Crippen LogP contribution is -2.44. The number of ether oxygens (including phenoxy) is 1. The summed E-state index contributed by atoms with van der Waals surface area (Å²) in [5, 5.41) is 27.4. The van der Waals surface area contributed by atoms with Gasteiger partial charge in [-0.2, -0.15) is 0 Å². The second-order valence-corrected chi connectivity index (χ2v) is 3.13. The zero-order valence-corrected chi connectivity index (χ0v) is 10.7. The van der Waals surface area contributed by atoms with Crippen molar-refractivity contribution in [2.75, 3.05) is 6.61 Å². The molecule has 0 aliphatic carbocycles. The molecular weight excluding hydrogens is 196 g/mol. The Balaban J connectivity index is 0. The first-order chi connectivity index (χ1) is 7.01. The van der Waals surface area contributed by atoms with Gasteiger partial charge in [0.25, 0.3) is 0 Å². The highest BCUT2D eigenvalue weighted by molar-refractivity contribution is 4.90. The first kappa shape index (κ1) is 17.2. The predicted molar refractivity (Wildman–Crippen MR) is 60.4 cm³/mol. The molecular formula is C11H26O4. The molecule has 3 N–H and O–H groups in total. The van der Waals surface area contributed by atoms with Gasteiger partial charge in [0.2, 0.25) is 5.79 Å². The van der Waals surface area contributed by atoms with E-state index in [2.05, 4.69) is 0 Å². The Labute approximate surface area is 92.9 Å². The van der Waals surface area contributed by atoms with Crippen LogP contribution in [0.4, 0.5) is 0 Å². The van der Waals surface area contributed by atoms with Gasteiger partial charge in [0.15, 0.2) is 0 Å². The summed E-state index contributed by atoms with van der Waals surface area (Å²) >= 11 is 0. The second-order valence-electron chi connectivity index (χ2n) is 3.13. The van der Waals surface area contributed by atoms with E-state index < -0.39 is 18.5 Å². The van der Waals surface area contributed by atoms with Crippen LogP contribution in [0.5, 0.6) is 0 Å². The predicted octanol–water partition coefficient (Wildman–Crippen LogP) is 1.14. The SMILES string of the molecule is CC.CC.C[C@@H]1[C@@H](C)OC(O)(CO)[C@H]1O. The summed E-state index contributed by atoms with van der Waals surface area (Å²) in [6, 6.07) is 0. The number of aliphatic hydroxyl groups is 3. The lowest BCUT2D eigenvalue weighted by molar-refractivity contribution is -0.243. The highest BCUT2D eigenvalue weighted by atomic mass is 16.7. The molecule has 1 aliphatic heterocycles. The van der Waals surface area contributed by atoms with Crippen LogP contribution in [0.2, 0.25) is 0 Å². The van der Waals surface area contributed by atoms with Crippen molar-refractivity contribution < 1.29 is 20.1 Å². The van der Waals surface area contributed by atoms with Crippen LogP contribution in [0, 0.1) is 5.92 Å². The molecule has 1 aliphatic rings. The van der Waals surface area contributed by atoms with Crippen LogP contribution in [-0.4, -0.2) is 39.9 Å². The lowest BCUT2D eigenvalue weighted by Gasteiger charge is -2.23. The molecule has 1 heterocycles. The van der Waals surface area contributed by atoms with Gasteiger partial charge < -0.3 is 20.1 Å². The fourth-order valence-electron chi connectivity index (χ4n) is 1.30. The van der Waals surface area contributed by atoms with Crippen molar-refractivity contribution >= 4 is 0 Å². The summed E-state index contributed by atoms with van der Waals surface area (Å²) in [5.74, 6) is -1.90. The Morgan fingerprint density at radius 3 is 1.67 bits per heavy atom. The van der Waals surface area contributed by atoms with Crippen molar-refractivity contribution in [1.82, 2.24) is 0 Å². The van der Waals surface area contributed by atoms with E-state index in [9.17, 15) is 10.2 Å². The summed E-state index contributed by atoms with van der Waals surface area (Å²) in [6.45, 7) is 11.0. The fraction of sp³-hybridized carbons (Fsp3) is 1.00. The third-order valence-corrected chi connectivity index (χ3v) is 2.32. The van der Waals surface area contributed by atoms with Crippen molar-refractivity contribution in [2.24, 2.45) is 5.92 Å². The minimum absolute atomic E-state index is 0.146. The maximum absolute atomic E-state index is 9.39. The van der Waals surface area contributed by atoms with Crippen molar-refractivity contribution in [3.05, 3.63) is 0 Å². The van der Waals surface area contributed by atoms with E-state index in [0.717, 1.165) is 0 Å². The molecule has 0 aromatic carbocycles. The van der Waals surface area contributed by atoms with Gasteiger partial charge >= 0.3 is 0 Å². The molecule has 15 heavy (non-hydrogen) atoms. The molecule has 1 rings (SSSR count). The van der Waals surface area contributed by atoms with Crippen LogP contribution >= 0.6 is 0 Å². The maximum Gasteiger partial charge on any atom is 0.216 e. The summed E-state index contributed by atoms with van der Waals surface area (Å²) in [5.41, 5.74) is 0. The van der Waals surface area contributed by atoms with Gasteiger partial charge in [-0.1, -0.05) is 34.6 Å². The minimum atomic E-state index is -1.75. The summed E-state index contributed by atoms with van der Waals surface area (Å²) in [7, 11) is 0. The maximum atomic E-state index is 9.39. The third-order valence-electron chi connectivity index (χ3n) is 2.32. The number of rotatable bonds is 1. The van der Waals surface area contributed by atoms with Gasteiger partial charge in [-0.3, -0.25) is 0 Å². The molecule has 94 valence electrons. The van der Waals surface area contributed by atoms with Gasteiger partial charge in [-0.15, -0.1) is 0 Å². The van der Waals surface area contributed by atoms with Crippen LogP contribution in [-0.2, 0) is 4.74 Å². The van der Waals surface area contributed by atoms with Crippen LogP contribution < -0.4 is 0 Å². The average Bonchev–Trinajstić information content (AvgIpc) is 2.49. The molecule has 4 nitrogen and oxygen atoms in total. The Bertz CT molecular complexity index is 152. The Morgan fingerprint density at radius 2 is 1.53 bits per heavy atom. The molecule has 4 atom stereocenters. The molecule has 0 spiro atoms. The van der Waals surface area contributed by atoms with Crippen molar-refractivity contribution in [3.63, 3.8) is 0 Å². The van der Waals surface area contributed by atoms with Gasteiger partial charge in [-0.05, 0) is 6.92 Å². The normalized spacial score (nSPS) is 38.6. The molecule has 0 radical (unpaired) electrons. The quantitative estimate of drug-likeness (QED) is 0.622. The van der Waals surface area contributed by atoms with Gasteiger partial charge in [0.1, 0.15) is 6.10 Å². The van der Waals surface area contributed by atoms with Crippen molar-refractivity contribution in [3.8, 4) is 0 Å². The first-order valence-corrected chi connectivity index (χ1v) is 5.70. The topological polar surface area (TPSA) is 69.9 Å². The Kier molecular flexibility index (Phi) is 9.25. The molecule has 1 unspecified atom stereocenters. The van der Waals surface area contributed by atoms with E-state index >= 15 is 0 Å². The number of aliphatic hydroxyl groups excluding tert-OH is 2. The summed E-state index contributed by atoms with van der Waals surface area (Å²) in [6.07, 6.45) is -1.22. The molecule has 0 aromatic heterocycles. The first-order valence-electron chi connectivity index (χ1n) is 5.70. The smallest absolute Gasteiger partial charge is 0.216 e. The van der Waals surface area contributed by atoms with Crippen LogP contribution in [0.15, 0.2) is 0 Å². The zero-order valence-electron chi connectivity index (χ0n) is 10.7. The third kappa shape index (κ3) is 4.07. The average molecular weight is 222 g/mol. The minimum Gasteiger partial charge on any atom is -0.391 e. The Morgan fingerprint density at radius 1 is 1.13 bits per heavy atom. The molecule has 0 aromatic rings. The van der Waals surface area contributed by atoms with E-state index in [4.69, 9.17) is 9.84 Å². The van der Waals surface area contributed by atoms with E-state index in [1.54, 1.807) is 13.8 Å². The molecule has 0 saturated carbocycles. The summed E-state index contributed by atoms with van der Waals surface area (Å²) in [4.78, 5) is 0. The van der Waals surface area contributed by atoms with Crippen LogP contribution in [0.1, 0.15) is 41.5 Å². The standard InChI is InChI=1S/C7H14O4.2C2H6/c1-4-5(2)11-7(10,3-8)6(4)9;2*1-2/h4-6,8-10H,3H2,1-2H3;2*1-2H3/t4-,5-,6+,7?;;/m1../s1. The number of hydrogen-bond donors (Lipinski definition) is 3. The van der Waals surface area contributed by atoms with E-state index in [1.807, 2.05) is 27.7 Å². The highest BCUT2D eigenvalue weighted by Crippen LogP contribution is 2.32. The second kappa shape index (κ2) is 8.05. The van der Waals surface area contributed by atoms with Crippen LogP contribution in [0.25, 0.3) is 0 Å². The van der Waals surface area contributed by atoms with Crippen LogP contribution in [0.3, 0.4) is 0 Å². The molecule has 0 amide bonds. The zero-order chi connectivity index (χ0) is 12.6. The monoisotopic (exact) mass is 222 g/mol. The molecule has 0 bridgehead atoms. The number of hydrogen-bond acceptors (Lipinski definition) is 4. The molecule has 1 fully saturated rings.